The molecule has 4 aliphatic carbocycles. The Hall–Kier alpha value is -5.43. The van der Waals surface area contributed by atoms with Crippen molar-refractivity contribution in [3.05, 3.63) is 71.6 Å². The van der Waals surface area contributed by atoms with E-state index in [0.29, 0.717) is 117 Å². The normalized spacial score (nSPS) is 23.6. The van der Waals surface area contributed by atoms with Crippen LogP contribution in [0.3, 0.4) is 0 Å². The minimum atomic E-state index is -0.384. The SMILES string of the molecule is CC(C)CCC[C@@H](C)[C@H]1CC[C@H]2[C@@H]3CC=C4C[C@@H](OC(=O)NCCC[N+](C)(C)CC(=O)NCCCOCCOCCOCCCNC(=O)c5cc(NC(=O)c6cc(NC(=O)c7cccn7C)cn6C)cn5C)CC[C@]4(C)[C@H]3CC[C@]12C. The summed E-state index contributed by atoms with van der Waals surface area (Å²) in [5.41, 5.74) is 4.43. The number of aryl methyl sites for hydroxylation is 3. The van der Waals surface area contributed by atoms with Crippen LogP contribution >= 0.6 is 0 Å². The molecule has 0 aromatic carbocycles. The average Bonchev–Trinajstić information content (AvgIpc) is 4.27. The van der Waals surface area contributed by atoms with E-state index < -0.39 is 0 Å². The Bertz CT molecular complexity index is 2600. The van der Waals surface area contributed by atoms with Crippen LogP contribution in [0.1, 0.15) is 156 Å². The predicted molar refractivity (Wildman–Crippen MR) is 317 cm³/mol. The lowest BCUT2D eigenvalue weighted by molar-refractivity contribution is -0.882. The van der Waals surface area contributed by atoms with Gasteiger partial charge in [0, 0.05) is 85.4 Å². The first-order chi connectivity index (χ1) is 38.7. The van der Waals surface area contributed by atoms with E-state index in [-0.39, 0.29) is 41.2 Å². The molecule has 3 fully saturated rings. The van der Waals surface area contributed by atoms with Crippen molar-refractivity contribution in [1.29, 1.82) is 0 Å². The summed E-state index contributed by atoms with van der Waals surface area (Å²) in [4.78, 5) is 64.4. The van der Waals surface area contributed by atoms with Crippen molar-refractivity contribution in [2.24, 2.45) is 67.5 Å². The summed E-state index contributed by atoms with van der Waals surface area (Å²) in [5.74, 6) is 3.93. The zero-order valence-corrected chi connectivity index (χ0v) is 50.8. The van der Waals surface area contributed by atoms with Gasteiger partial charge >= 0.3 is 6.09 Å². The highest BCUT2D eigenvalue weighted by molar-refractivity contribution is 6.07. The zero-order chi connectivity index (χ0) is 58.3. The summed E-state index contributed by atoms with van der Waals surface area (Å²) in [5, 5.41) is 14.6. The highest BCUT2D eigenvalue weighted by Crippen LogP contribution is 2.67. The number of carbonyl (C=O) groups excluding carboxylic acids is 5. The first-order valence-corrected chi connectivity index (χ1v) is 30.5. The number of anilines is 2. The van der Waals surface area contributed by atoms with Gasteiger partial charge in [0.1, 0.15) is 23.2 Å². The Labute approximate surface area is 483 Å². The van der Waals surface area contributed by atoms with Crippen molar-refractivity contribution < 1.29 is 47.4 Å². The first-order valence-electron chi connectivity index (χ1n) is 30.5. The lowest BCUT2D eigenvalue weighted by Gasteiger charge is -2.58. The fraction of sp³-hybridized carbons (Fsp3) is 0.698. The van der Waals surface area contributed by atoms with E-state index in [2.05, 4.69) is 67.3 Å². The molecule has 81 heavy (non-hydrogen) atoms. The number of hydrogen-bond donors (Lipinski definition) is 5. The molecule has 0 aliphatic heterocycles. The number of quaternary nitrogens is 1. The minimum absolute atomic E-state index is 0.0107. The Kier molecular flexibility index (Phi) is 22.8. The molecule has 0 saturated heterocycles. The van der Waals surface area contributed by atoms with Crippen LogP contribution < -0.4 is 26.6 Å². The Morgan fingerprint density at radius 1 is 0.679 bits per heavy atom. The summed E-state index contributed by atoms with van der Waals surface area (Å²) < 4.78 is 28.5. The molecule has 3 aromatic rings. The van der Waals surface area contributed by atoms with Crippen LogP contribution in [-0.2, 0) is 44.9 Å². The molecule has 0 bridgehead atoms. The van der Waals surface area contributed by atoms with Gasteiger partial charge in [0.25, 0.3) is 23.6 Å². The Morgan fingerprint density at radius 3 is 1.94 bits per heavy atom. The van der Waals surface area contributed by atoms with Gasteiger partial charge < -0.3 is 63.7 Å². The molecule has 450 valence electrons. The van der Waals surface area contributed by atoms with Gasteiger partial charge in [0.15, 0.2) is 6.54 Å². The number of nitrogens with one attached hydrogen (secondary N) is 5. The van der Waals surface area contributed by atoms with Crippen LogP contribution in [0, 0.1) is 46.3 Å². The van der Waals surface area contributed by atoms with Gasteiger partial charge in [-0.3, -0.25) is 19.2 Å². The standard InChI is InChI=1S/C63H99N9O9/c1-44(2)16-11-17-45(3)51-21-22-52-50-20-19-46-38-49(23-25-62(46,4)53(50)24-26-63(51,52)5)81-61(77)66-27-13-31-72(9,10)43-57(73)64-28-14-32-78-34-36-80-37-35-79-33-15-29-65-58(74)55-39-47(41-70(55)7)68-60(76)56-40-48(42-71(56)8)67-59(75)54-18-12-30-69(54)6/h12,18-19,30,39-42,44-45,49-53H,11,13-17,20-29,31-38,43H2,1-10H3,(H4-,64,65,66,67,68,73,74,75,76,77)/p+1/t45-,49+,50+,51-,52+,53+,62+,63-/m1/s1. The second-order valence-corrected chi connectivity index (χ2v) is 25.7. The van der Waals surface area contributed by atoms with E-state index in [0.717, 1.165) is 67.7 Å². The number of aromatic nitrogens is 3. The maximum Gasteiger partial charge on any atom is 0.407 e. The number of hydrogen-bond acceptors (Lipinski definition) is 9. The molecule has 5 N–H and O–H groups in total. The highest BCUT2D eigenvalue weighted by Gasteiger charge is 2.59. The maximum atomic E-state index is 13.1. The van der Waals surface area contributed by atoms with Crippen molar-refractivity contribution in [2.45, 2.75) is 131 Å². The van der Waals surface area contributed by atoms with E-state index in [9.17, 15) is 24.0 Å². The average molecular weight is 1130 g/mol. The molecular weight excluding hydrogens is 1030 g/mol. The van der Waals surface area contributed by atoms with Gasteiger partial charge in [-0.05, 0) is 128 Å². The number of ether oxygens (including phenoxy) is 4. The monoisotopic (exact) mass is 1130 g/mol. The molecule has 18 heteroatoms. The van der Waals surface area contributed by atoms with Crippen molar-refractivity contribution in [1.82, 2.24) is 29.7 Å². The largest absolute Gasteiger partial charge is 0.446 e. The van der Waals surface area contributed by atoms with Crippen LogP contribution in [-0.4, -0.2) is 140 Å². The molecule has 4 aliphatic rings. The molecule has 5 amide bonds. The van der Waals surface area contributed by atoms with Crippen molar-refractivity contribution in [3.63, 3.8) is 0 Å². The molecule has 0 spiro atoms. The molecule has 0 unspecified atom stereocenters. The number of likely N-dealkylation sites (N-methyl/N-ethyl adjacent to an activating group) is 1. The Balaban J connectivity index is 0.658. The number of allylic oxidation sites excluding steroid dienone is 1. The van der Waals surface area contributed by atoms with Crippen LogP contribution in [0.25, 0.3) is 0 Å². The summed E-state index contributed by atoms with van der Waals surface area (Å²) in [6, 6.07) is 6.71. The second kappa shape index (κ2) is 29.2. The molecular formula is C63H100N9O9+. The third-order valence-electron chi connectivity index (χ3n) is 18.8. The van der Waals surface area contributed by atoms with Gasteiger partial charge in [0.2, 0.25) is 0 Å². The number of carbonyl (C=O) groups is 5. The third-order valence-corrected chi connectivity index (χ3v) is 18.8. The lowest BCUT2D eigenvalue weighted by Crippen LogP contribution is -2.51. The molecule has 3 aromatic heterocycles. The number of fused-ring (bicyclic) bond motifs is 5. The summed E-state index contributed by atoms with van der Waals surface area (Å²) in [6.45, 7) is 17.7. The maximum absolute atomic E-state index is 13.1. The van der Waals surface area contributed by atoms with Gasteiger partial charge in [-0.2, -0.15) is 0 Å². The quantitative estimate of drug-likeness (QED) is 0.0237. The molecule has 18 nitrogen and oxygen atoms in total. The van der Waals surface area contributed by atoms with Gasteiger partial charge in [-0.15, -0.1) is 0 Å². The number of rotatable bonds is 31. The van der Waals surface area contributed by atoms with Gasteiger partial charge in [-0.1, -0.05) is 65.5 Å². The van der Waals surface area contributed by atoms with Gasteiger partial charge in [0.05, 0.1) is 58.4 Å². The van der Waals surface area contributed by atoms with Crippen LogP contribution in [0.5, 0.6) is 0 Å². The molecule has 8 atom stereocenters. The van der Waals surface area contributed by atoms with E-state index in [1.165, 1.54) is 51.4 Å². The molecule has 3 heterocycles. The van der Waals surface area contributed by atoms with Crippen molar-refractivity contribution in [3.8, 4) is 0 Å². The smallest absolute Gasteiger partial charge is 0.407 e. The number of nitrogens with zero attached hydrogens (tertiary/aromatic N) is 4. The minimum Gasteiger partial charge on any atom is -0.446 e. The molecule has 7 rings (SSSR count). The summed E-state index contributed by atoms with van der Waals surface area (Å²) in [6.07, 6.45) is 23.1. The molecule has 0 radical (unpaired) electrons. The van der Waals surface area contributed by atoms with Crippen molar-refractivity contribution in [2.75, 3.05) is 97.1 Å². The van der Waals surface area contributed by atoms with Gasteiger partial charge in [-0.25, -0.2) is 4.79 Å². The predicted octanol–water partition coefficient (Wildman–Crippen LogP) is 9.49. The zero-order valence-electron chi connectivity index (χ0n) is 50.8. The second-order valence-electron chi connectivity index (χ2n) is 25.7. The van der Waals surface area contributed by atoms with Crippen LogP contribution in [0.4, 0.5) is 16.2 Å². The lowest BCUT2D eigenvalue weighted by atomic mass is 9.47. The number of amides is 5. The highest BCUT2D eigenvalue weighted by atomic mass is 16.6. The Morgan fingerprint density at radius 2 is 1.30 bits per heavy atom. The number of alkyl carbamates (subject to hydrolysis) is 1. The van der Waals surface area contributed by atoms with E-state index in [1.54, 1.807) is 83.3 Å². The fourth-order valence-electron chi connectivity index (χ4n) is 14.4. The van der Waals surface area contributed by atoms with Crippen molar-refractivity contribution >= 4 is 41.1 Å². The summed E-state index contributed by atoms with van der Waals surface area (Å²) >= 11 is 0. The first kappa shape index (κ1) is 63.2. The van der Waals surface area contributed by atoms with E-state index in [1.807, 2.05) is 14.1 Å². The van der Waals surface area contributed by atoms with E-state index in [4.69, 9.17) is 18.9 Å². The van der Waals surface area contributed by atoms with Crippen LogP contribution in [0.2, 0.25) is 0 Å². The van der Waals surface area contributed by atoms with Crippen LogP contribution in [0.15, 0.2) is 54.5 Å². The topological polar surface area (TPSA) is 197 Å². The third kappa shape index (κ3) is 17.1. The molecule has 3 saturated carbocycles. The fourth-order valence-corrected chi connectivity index (χ4v) is 14.4. The van der Waals surface area contributed by atoms with E-state index >= 15 is 0 Å². The summed E-state index contributed by atoms with van der Waals surface area (Å²) in [7, 11) is 9.31.